The number of aryl methyl sites for hydroxylation is 1. The molecule has 0 unspecified atom stereocenters. The van der Waals surface area contributed by atoms with Crippen molar-refractivity contribution in [2.24, 2.45) is 0 Å². The molecule has 0 atom stereocenters. The highest BCUT2D eigenvalue weighted by atomic mass is 35.5. The van der Waals surface area contributed by atoms with Crippen LogP contribution in [0.5, 0.6) is 0 Å². The Kier molecular flexibility index (Phi) is 7.30. The average molecular weight is 540 g/mol. The van der Waals surface area contributed by atoms with Crippen molar-refractivity contribution in [1.82, 2.24) is 9.47 Å². The highest BCUT2D eigenvalue weighted by molar-refractivity contribution is 6.36. The Hall–Kier alpha value is -3.04. The van der Waals surface area contributed by atoms with E-state index >= 15 is 0 Å². The third kappa shape index (κ3) is 4.89. The van der Waals surface area contributed by atoms with E-state index < -0.39 is 0 Å². The van der Waals surface area contributed by atoms with E-state index in [-0.39, 0.29) is 0 Å². The summed E-state index contributed by atoms with van der Waals surface area (Å²) in [6.07, 6.45) is 2.12. The summed E-state index contributed by atoms with van der Waals surface area (Å²) >= 11 is 13.1. The molecule has 5 aromatic rings. The largest absolute Gasteiger partial charge is 0.336 e. The predicted molar refractivity (Wildman–Crippen MR) is 161 cm³/mol. The molecule has 1 fully saturated rings. The number of para-hydroxylation sites is 1. The van der Waals surface area contributed by atoms with E-state index in [9.17, 15) is 0 Å². The lowest BCUT2D eigenvalue weighted by molar-refractivity contribution is 0.205. The van der Waals surface area contributed by atoms with Crippen LogP contribution in [0.15, 0.2) is 97.1 Å². The van der Waals surface area contributed by atoms with Gasteiger partial charge >= 0.3 is 0 Å². The molecule has 192 valence electrons. The van der Waals surface area contributed by atoms with Gasteiger partial charge in [0.15, 0.2) is 0 Å². The molecule has 4 aromatic carbocycles. The molecule has 38 heavy (non-hydrogen) atoms. The third-order valence-electron chi connectivity index (χ3n) is 8.09. The summed E-state index contributed by atoms with van der Waals surface area (Å²) in [5.41, 5.74) is 9.10. The molecule has 6 rings (SSSR count). The molecular weight excluding hydrogens is 507 g/mol. The van der Waals surface area contributed by atoms with E-state index in [2.05, 4.69) is 95.3 Å². The molecule has 2 nitrogen and oxygen atoms in total. The standard InChI is InChI=1S/C34H32Cl2N2/c1-24-10-5-6-13-27(24)22-38-32-17-8-7-14-28(32)29(34(38)26-11-3-2-4-12-26)23-37-20-18-25(19-21-37)33-30(35)15-9-16-31(33)36/h2-17,25H,18-23H2,1H3. The van der Waals surface area contributed by atoms with Gasteiger partial charge in [-0.25, -0.2) is 0 Å². The minimum atomic E-state index is 0.406. The molecule has 0 bridgehead atoms. The SMILES string of the molecule is Cc1ccccc1Cn1c(-c2ccccc2)c(CN2CCC(c3c(Cl)cccc3Cl)CC2)c2ccccc21. The van der Waals surface area contributed by atoms with Gasteiger partial charge in [0.05, 0.1) is 5.69 Å². The fraction of sp³-hybridized carbons (Fsp3) is 0.235. The van der Waals surface area contributed by atoms with E-state index in [0.29, 0.717) is 5.92 Å². The second kappa shape index (κ2) is 11.0. The Morgan fingerprint density at radius 2 is 1.37 bits per heavy atom. The summed E-state index contributed by atoms with van der Waals surface area (Å²) in [5.74, 6) is 0.406. The van der Waals surface area contributed by atoms with Crippen LogP contribution in [0.25, 0.3) is 22.2 Å². The van der Waals surface area contributed by atoms with Crippen LogP contribution in [0.3, 0.4) is 0 Å². The fourth-order valence-corrected chi connectivity index (χ4v) is 6.79. The first-order valence-corrected chi connectivity index (χ1v) is 14.2. The van der Waals surface area contributed by atoms with Crippen molar-refractivity contribution >= 4 is 34.1 Å². The number of rotatable bonds is 6. The Morgan fingerprint density at radius 3 is 2.11 bits per heavy atom. The minimum Gasteiger partial charge on any atom is -0.336 e. The monoisotopic (exact) mass is 538 g/mol. The molecule has 1 aliphatic rings. The van der Waals surface area contributed by atoms with Crippen molar-refractivity contribution in [2.45, 2.75) is 38.8 Å². The van der Waals surface area contributed by atoms with Crippen molar-refractivity contribution in [3.8, 4) is 11.3 Å². The van der Waals surface area contributed by atoms with Crippen LogP contribution in [0.1, 0.15) is 41.0 Å². The third-order valence-corrected chi connectivity index (χ3v) is 8.75. The number of aromatic nitrogens is 1. The first kappa shape index (κ1) is 25.2. The molecule has 0 saturated carbocycles. The zero-order valence-electron chi connectivity index (χ0n) is 21.7. The van der Waals surface area contributed by atoms with Gasteiger partial charge in [-0.1, -0.05) is 102 Å². The number of likely N-dealkylation sites (tertiary alicyclic amines) is 1. The van der Waals surface area contributed by atoms with Gasteiger partial charge in [0.2, 0.25) is 0 Å². The van der Waals surface area contributed by atoms with Gasteiger partial charge < -0.3 is 4.57 Å². The first-order chi connectivity index (χ1) is 18.6. The molecule has 1 aliphatic heterocycles. The van der Waals surface area contributed by atoms with Gasteiger partial charge in [-0.2, -0.15) is 0 Å². The second-order valence-electron chi connectivity index (χ2n) is 10.4. The Labute approximate surface area is 235 Å². The molecule has 0 radical (unpaired) electrons. The number of piperidine rings is 1. The lowest BCUT2D eigenvalue weighted by Crippen LogP contribution is -2.32. The Bertz CT molecular complexity index is 1540. The lowest BCUT2D eigenvalue weighted by atomic mass is 9.89. The van der Waals surface area contributed by atoms with Crippen LogP contribution in [-0.4, -0.2) is 22.6 Å². The second-order valence-corrected chi connectivity index (χ2v) is 11.2. The molecule has 0 amide bonds. The summed E-state index contributed by atoms with van der Waals surface area (Å²) in [6.45, 7) is 6.04. The Morgan fingerprint density at radius 1 is 0.711 bits per heavy atom. The molecule has 1 saturated heterocycles. The zero-order chi connectivity index (χ0) is 26.1. The normalized spacial score (nSPS) is 14.8. The fourth-order valence-electron chi connectivity index (χ4n) is 6.09. The molecule has 0 spiro atoms. The predicted octanol–water partition coefficient (Wildman–Crippen LogP) is 9.35. The van der Waals surface area contributed by atoms with Crippen LogP contribution in [-0.2, 0) is 13.1 Å². The van der Waals surface area contributed by atoms with Crippen LogP contribution >= 0.6 is 23.2 Å². The van der Waals surface area contributed by atoms with Crippen molar-refractivity contribution in [1.29, 1.82) is 0 Å². The van der Waals surface area contributed by atoms with Gasteiger partial charge in [-0.05, 0) is 84.8 Å². The molecule has 0 aliphatic carbocycles. The van der Waals surface area contributed by atoms with Gasteiger partial charge in [-0.15, -0.1) is 0 Å². The highest BCUT2D eigenvalue weighted by Gasteiger charge is 2.27. The van der Waals surface area contributed by atoms with Crippen LogP contribution < -0.4 is 0 Å². The first-order valence-electron chi connectivity index (χ1n) is 13.5. The summed E-state index contributed by atoms with van der Waals surface area (Å²) in [7, 11) is 0. The molecule has 2 heterocycles. The maximum absolute atomic E-state index is 6.56. The number of hydrogen-bond acceptors (Lipinski definition) is 1. The lowest BCUT2D eigenvalue weighted by Gasteiger charge is -2.33. The highest BCUT2D eigenvalue weighted by Crippen LogP contribution is 2.40. The number of benzene rings is 4. The quantitative estimate of drug-likeness (QED) is 0.209. The zero-order valence-corrected chi connectivity index (χ0v) is 23.2. The van der Waals surface area contributed by atoms with Crippen molar-refractivity contribution < 1.29 is 0 Å². The van der Waals surface area contributed by atoms with E-state index in [4.69, 9.17) is 23.2 Å². The van der Waals surface area contributed by atoms with Gasteiger partial charge in [0, 0.05) is 34.0 Å². The topological polar surface area (TPSA) is 8.17 Å². The van der Waals surface area contributed by atoms with Crippen LogP contribution in [0, 0.1) is 6.92 Å². The molecular formula is C34H32Cl2N2. The molecule has 1 aromatic heterocycles. The summed E-state index contributed by atoms with van der Waals surface area (Å²) in [4.78, 5) is 2.60. The van der Waals surface area contributed by atoms with E-state index in [1.165, 1.54) is 38.9 Å². The summed E-state index contributed by atoms with van der Waals surface area (Å²) in [6, 6.07) is 34.4. The van der Waals surface area contributed by atoms with E-state index in [0.717, 1.165) is 54.6 Å². The number of hydrogen-bond donors (Lipinski definition) is 0. The van der Waals surface area contributed by atoms with Gasteiger partial charge in [0.1, 0.15) is 0 Å². The van der Waals surface area contributed by atoms with Gasteiger partial charge in [-0.3, -0.25) is 4.90 Å². The number of halogens is 2. The number of fused-ring (bicyclic) bond motifs is 1. The van der Waals surface area contributed by atoms with Crippen LogP contribution in [0.2, 0.25) is 10.0 Å². The van der Waals surface area contributed by atoms with Crippen molar-refractivity contribution in [3.05, 3.63) is 129 Å². The van der Waals surface area contributed by atoms with E-state index in [1.807, 2.05) is 18.2 Å². The minimum absolute atomic E-state index is 0.406. The van der Waals surface area contributed by atoms with Crippen molar-refractivity contribution in [3.63, 3.8) is 0 Å². The van der Waals surface area contributed by atoms with Crippen molar-refractivity contribution in [2.75, 3.05) is 13.1 Å². The summed E-state index contributed by atoms with van der Waals surface area (Å²) in [5, 5.41) is 2.93. The number of nitrogens with zero attached hydrogens (tertiary/aromatic N) is 2. The smallest absolute Gasteiger partial charge is 0.0540 e. The average Bonchev–Trinajstić information content (AvgIpc) is 3.24. The summed E-state index contributed by atoms with van der Waals surface area (Å²) < 4.78 is 2.53. The van der Waals surface area contributed by atoms with Crippen LogP contribution in [0.4, 0.5) is 0 Å². The molecule has 0 N–H and O–H groups in total. The maximum Gasteiger partial charge on any atom is 0.0540 e. The van der Waals surface area contributed by atoms with E-state index in [1.54, 1.807) is 0 Å². The maximum atomic E-state index is 6.56. The Balaban J connectivity index is 1.37. The molecule has 4 heteroatoms. The van der Waals surface area contributed by atoms with Gasteiger partial charge in [0.25, 0.3) is 0 Å².